The van der Waals surface area contributed by atoms with Crippen molar-refractivity contribution in [1.29, 1.82) is 0 Å². The van der Waals surface area contributed by atoms with Gasteiger partial charge in [0.25, 0.3) is 10.0 Å². The first-order chi connectivity index (χ1) is 11.5. The van der Waals surface area contributed by atoms with Gasteiger partial charge in [0, 0.05) is 17.8 Å². The minimum atomic E-state index is -3.71. The first-order valence-corrected chi connectivity index (χ1v) is 9.26. The van der Waals surface area contributed by atoms with Crippen molar-refractivity contribution < 1.29 is 8.42 Å². The van der Waals surface area contributed by atoms with Crippen molar-refractivity contribution in [2.24, 2.45) is 0 Å². The highest BCUT2D eigenvalue weighted by Gasteiger charge is 2.42. The summed E-state index contributed by atoms with van der Waals surface area (Å²) in [5.74, 6) is 0. The van der Waals surface area contributed by atoms with Crippen LogP contribution in [0, 0.1) is 0 Å². The third-order valence-electron chi connectivity index (χ3n) is 3.98. The zero-order valence-corrected chi connectivity index (χ0v) is 14.3. The molecule has 0 radical (unpaired) electrons. The molecular formula is C19H20N2O2S. The van der Waals surface area contributed by atoms with Crippen molar-refractivity contribution in [3.05, 3.63) is 84.5 Å². The molecular weight excluding hydrogens is 320 g/mol. The Labute approximate surface area is 143 Å². The third kappa shape index (κ3) is 3.36. The van der Waals surface area contributed by atoms with Crippen LogP contribution in [0.15, 0.2) is 84.5 Å². The maximum Gasteiger partial charge on any atom is 0.260 e. The van der Waals surface area contributed by atoms with E-state index >= 15 is 0 Å². The summed E-state index contributed by atoms with van der Waals surface area (Å²) in [7, 11) is -3.71. The van der Waals surface area contributed by atoms with Crippen LogP contribution in [-0.4, -0.2) is 13.3 Å². The van der Waals surface area contributed by atoms with Crippen molar-refractivity contribution in [2.75, 3.05) is 10.0 Å². The fourth-order valence-electron chi connectivity index (χ4n) is 2.59. The molecule has 0 aromatic heterocycles. The predicted octanol–water partition coefficient (Wildman–Crippen LogP) is 4.14. The Morgan fingerprint density at radius 3 is 2.04 bits per heavy atom. The van der Waals surface area contributed by atoms with Crippen LogP contribution in [0.3, 0.4) is 0 Å². The highest BCUT2D eigenvalue weighted by Crippen LogP contribution is 2.32. The lowest BCUT2D eigenvalue weighted by Crippen LogP contribution is -2.48. The number of hydrogen-bond donors (Lipinski definition) is 2. The molecule has 0 heterocycles. The van der Waals surface area contributed by atoms with E-state index in [4.69, 9.17) is 0 Å². The largest absolute Gasteiger partial charge is 0.362 e. The van der Waals surface area contributed by atoms with Crippen molar-refractivity contribution in [1.82, 2.24) is 0 Å². The molecule has 1 unspecified atom stereocenters. The molecule has 2 aromatic carbocycles. The van der Waals surface area contributed by atoms with E-state index in [0.29, 0.717) is 12.1 Å². The number of allylic oxidation sites excluding steroid dienone is 2. The summed E-state index contributed by atoms with van der Waals surface area (Å²) < 4.78 is 29.0. The lowest BCUT2D eigenvalue weighted by molar-refractivity contribution is 0.571. The lowest BCUT2D eigenvalue weighted by atomic mass is 10.0. The molecule has 1 aliphatic carbocycles. The van der Waals surface area contributed by atoms with Crippen LogP contribution in [0.25, 0.3) is 0 Å². The smallest absolute Gasteiger partial charge is 0.260 e. The van der Waals surface area contributed by atoms with Gasteiger partial charge in [-0.3, -0.25) is 4.72 Å². The molecule has 0 fully saturated rings. The number of sulfonamides is 1. The molecule has 24 heavy (non-hydrogen) atoms. The van der Waals surface area contributed by atoms with Crippen LogP contribution in [0.2, 0.25) is 0 Å². The summed E-state index contributed by atoms with van der Waals surface area (Å²) >= 11 is 0. The molecule has 3 rings (SSSR count). The second-order valence-electron chi connectivity index (χ2n) is 5.84. The van der Waals surface area contributed by atoms with Gasteiger partial charge in [0.05, 0.1) is 0 Å². The van der Waals surface area contributed by atoms with Crippen LogP contribution in [0.4, 0.5) is 11.4 Å². The van der Waals surface area contributed by atoms with Gasteiger partial charge in [0.15, 0.2) is 4.87 Å². The first-order valence-electron chi connectivity index (χ1n) is 7.77. The summed E-state index contributed by atoms with van der Waals surface area (Å²) in [6.07, 6.45) is 5.84. The number of benzene rings is 2. The summed E-state index contributed by atoms with van der Waals surface area (Å²) in [5, 5.41) is 3.19. The summed E-state index contributed by atoms with van der Waals surface area (Å²) in [5.41, 5.74) is 2.36. The quantitative estimate of drug-likeness (QED) is 0.860. The minimum absolute atomic E-state index is 0.354. The monoisotopic (exact) mass is 340 g/mol. The van der Waals surface area contributed by atoms with E-state index in [-0.39, 0.29) is 0 Å². The third-order valence-corrected chi connectivity index (χ3v) is 5.85. The van der Waals surface area contributed by atoms with Gasteiger partial charge in [-0.15, -0.1) is 0 Å². The molecule has 2 N–H and O–H groups in total. The molecule has 1 atom stereocenters. The lowest BCUT2D eigenvalue weighted by Gasteiger charge is -2.33. The molecule has 124 valence electrons. The maximum atomic E-state index is 13.1. The van der Waals surface area contributed by atoms with Gasteiger partial charge >= 0.3 is 0 Å². The zero-order valence-electron chi connectivity index (χ0n) is 13.4. The van der Waals surface area contributed by atoms with Crippen LogP contribution in [0.1, 0.15) is 13.3 Å². The Morgan fingerprint density at radius 2 is 1.50 bits per heavy atom. The van der Waals surface area contributed by atoms with E-state index in [0.717, 1.165) is 11.3 Å². The van der Waals surface area contributed by atoms with Crippen LogP contribution < -0.4 is 10.0 Å². The Balaban J connectivity index is 1.97. The first kappa shape index (κ1) is 16.3. The minimum Gasteiger partial charge on any atom is -0.362 e. The average Bonchev–Trinajstić information content (AvgIpc) is 2.58. The molecule has 4 nitrogen and oxygen atoms in total. The van der Waals surface area contributed by atoms with Gasteiger partial charge in [-0.2, -0.15) is 0 Å². The zero-order chi connectivity index (χ0) is 17.0. The van der Waals surface area contributed by atoms with Gasteiger partial charge in [0.2, 0.25) is 0 Å². The molecule has 2 aromatic rings. The van der Waals surface area contributed by atoms with E-state index in [2.05, 4.69) is 10.0 Å². The molecule has 0 bridgehead atoms. The fraction of sp³-hybridized carbons (Fsp3) is 0.158. The Bertz CT molecular complexity index is 859. The molecule has 5 heteroatoms. The Hall–Kier alpha value is -2.53. The van der Waals surface area contributed by atoms with Crippen molar-refractivity contribution in [3.8, 4) is 0 Å². The van der Waals surface area contributed by atoms with Gasteiger partial charge in [0.1, 0.15) is 0 Å². The number of hydrogen-bond acceptors (Lipinski definition) is 3. The average molecular weight is 340 g/mol. The van der Waals surface area contributed by atoms with Crippen LogP contribution in [0.5, 0.6) is 0 Å². The highest BCUT2D eigenvalue weighted by atomic mass is 32.2. The predicted molar refractivity (Wildman–Crippen MR) is 99.3 cm³/mol. The standard InChI is InChI=1S/C19H20N2O2S/c1-16-12-14-19(15-13-16,20-17-8-4-2-5-9-17)24(22,23)21-18-10-6-3-7-11-18/h2-14,20-21H,15H2,1H3. The van der Waals surface area contributed by atoms with E-state index in [1.807, 2.05) is 55.5 Å². The maximum absolute atomic E-state index is 13.1. The second kappa shape index (κ2) is 6.53. The summed E-state index contributed by atoms with van der Waals surface area (Å²) in [6, 6.07) is 18.3. The van der Waals surface area contributed by atoms with E-state index < -0.39 is 14.9 Å². The molecule has 0 amide bonds. The Kier molecular flexibility index (Phi) is 4.44. The number of rotatable bonds is 5. The van der Waals surface area contributed by atoms with Crippen LogP contribution >= 0.6 is 0 Å². The number of anilines is 2. The van der Waals surface area contributed by atoms with Crippen molar-refractivity contribution in [3.63, 3.8) is 0 Å². The molecule has 0 saturated heterocycles. The fourth-order valence-corrected chi connectivity index (χ4v) is 4.02. The van der Waals surface area contributed by atoms with Gasteiger partial charge < -0.3 is 5.32 Å². The highest BCUT2D eigenvalue weighted by molar-refractivity contribution is 7.94. The number of nitrogens with one attached hydrogen (secondary N) is 2. The molecule has 0 aliphatic heterocycles. The normalized spacial score (nSPS) is 20.3. The SMILES string of the molecule is CC1=CCC(Nc2ccccc2)(S(=O)(=O)Nc2ccccc2)C=C1. The van der Waals surface area contributed by atoms with Gasteiger partial charge in [-0.1, -0.05) is 54.1 Å². The topological polar surface area (TPSA) is 58.2 Å². The summed E-state index contributed by atoms with van der Waals surface area (Å²) in [4.78, 5) is -1.23. The Morgan fingerprint density at radius 1 is 0.917 bits per heavy atom. The molecule has 1 aliphatic rings. The number of para-hydroxylation sites is 2. The van der Waals surface area contributed by atoms with E-state index in [1.54, 1.807) is 30.3 Å². The van der Waals surface area contributed by atoms with Crippen LogP contribution in [-0.2, 0) is 10.0 Å². The van der Waals surface area contributed by atoms with Gasteiger partial charge in [-0.05, 0) is 37.3 Å². The second-order valence-corrected chi connectivity index (χ2v) is 7.78. The van der Waals surface area contributed by atoms with Crippen molar-refractivity contribution in [2.45, 2.75) is 18.2 Å². The van der Waals surface area contributed by atoms with Crippen molar-refractivity contribution >= 4 is 21.4 Å². The summed E-state index contributed by atoms with van der Waals surface area (Å²) in [6.45, 7) is 1.96. The molecule has 0 spiro atoms. The van der Waals surface area contributed by atoms with E-state index in [9.17, 15) is 8.42 Å². The van der Waals surface area contributed by atoms with Gasteiger partial charge in [-0.25, -0.2) is 8.42 Å². The molecule has 0 saturated carbocycles. The van der Waals surface area contributed by atoms with E-state index in [1.165, 1.54) is 0 Å².